The first-order valence-corrected chi connectivity index (χ1v) is 21.2. The first kappa shape index (κ1) is 44.8. The molecule has 3 amide bonds. The molecule has 0 bridgehead atoms. The number of fused-ring (bicyclic) bond motifs is 3. The lowest BCUT2D eigenvalue weighted by Gasteiger charge is -2.19. The van der Waals surface area contributed by atoms with Crippen molar-refractivity contribution in [2.75, 3.05) is 23.3 Å². The molecule has 0 radical (unpaired) electrons. The number of aryl methyl sites for hydroxylation is 1. The summed E-state index contributed by atoms with van der Waals surface area (Å²) in [5.41, 5.74) is 4.50. The Bertz CT molecular complexity index is 2660. The molecule has 1 atom stereocenters. The Morgan fingerprint density at radius 1 is 0.898 bits per heavy atom. The lowest BCUT2D eigenvalue weighted by Crippen LogP contribution is -2.30. The number of phenolic OH excluding ortho intramolecular Hbond substituents is 1. The molecule has 3 N–H and O–H groups in total. The van der Waals surface area contributed by atoms with Crippen LogP contribution in [0.15, 0.2) is 90.6 Å². The predicted molar refractivity (Wildman–Crippen MR) is 250 cm³/mol. The van der Waals surface area contributed by atoms with E-state index in [0.717, 1.165) is 25.8 Å². The number of aromatic hydroxyl groups is 1. The van der Waals surface area contributed by atoms with E-state index in [0.29, 0.717) is 29.9 Å². The summed E-state index contributed by atoms with van der Waals surface area (Å²) in [5, 5.41) is 39.7. The van der Waals surface area contributed by atoms with Crippen molar-refractivity contribution in [1.82, 2.24) is 15.3 Å². The number of halogens is 3. The van der Waals surface area contributed by atoms with Crippen LogP contribution in [0.2, 0.25) is 0 Å². The normalized spacial score (nSPS) is 12.5. The van der Waals surface area contributed by atoms with E-state index in [9.17, 15) is 39.7 Å². The molecular weight excluding hydrogens is 1120 g/mol. The molecular formula is C40H30I3N7O8S. The molecule has 1 aliphatic heterocycles. The van der Waals surface area contributed by atoms with E-state index in [4.69, 9.17) is 6.42 Å². The number of thiazole rings is 1. The van der Waals surface area contributed by atoms with Gasteiger partial charge in [-0.05, 0) is 111 Å². The number of anilines is 2. The van der Waals surface area contributed by atoms with Crippen LogP contribution in [0.25, 0.3) is 10.9 Å². The van der Waals surface area contributed by atoms with Crippen LogP contribution in [0, 0.1) is 50.2 Å². The van der Waals surface area contributed by atoms with Crippen molar-refractivity contribution in [2.45, 2.75) is 19.8 Å². The molecule has 2 aromatic heterocycles. The first-order chi connectivity index (χ1) is 28.1. The molecule has 0 spiro atoms. The van der Waals surface area contributed by atoms with Gasteiger partial charge < -0.3 is 15.3 Å². The van der Waals surface area contributed by atoms with Gasteiger partial charge in [-0.2, -0.15) is 0 Å². The quantitative estimate of drug-likeness (QED) is 0.0597. The van der Waals surface area contributed by atoms with E-state index >= 15 is 0 Å². The highest BCUT2D eigenvalue weighted by Gasteiger charge is 2.34. The number of hydrogen-bond acceptors (Lipinski definition) is 11. The second-order valence-corrected chi connectivity index (χ2v) is 16.9. The third kappa shape index (κ3) is 10.8. The average molecular weight is 1150 g/mol. The number of rotatable bonds is 7. The van der Waals surface area contributed by atoms with E-state index in [2.05, 4.69) is 56.0 Å². The molecule has 0 saturated heterocycles. The number of hydrogen-bond donors (Lipinski definition) is 3. The molecule has 0 fully saturated rings. The fraction of sp³-hybridized carbons (Fsp3) is 0.125. The van der Waals surface area contributed by atoms with Crippen LogP contribution in [-0.4, -0.2) is 55.7 Å². The largest absolute Gasteiger partial charge is 0.506 e. The fourth-order valence-electron chi connectivity index (χ4n) is 5.86. The number of non-ortho nitro benzene ring substituents is 2. The van der Waals surface area contributed by atoms with Crippen LogP contribution in [0.5, 0.6) is 5.75 Å². The molecule has 1 unspecified atom stereocenters. The summed E-state index contributed by atoms with van der Waals surface area (Å²) in [6.07, 6.45) is 8.24. The van der Waals surface area contributed by atoms with Gasteiger partial charge in [-0.25, -0.2) is 4.98 Å². The molecule has 59 heavy (non-hydrogen) atoms. The van der Waals surface area contributed by atoms with Crippen molar-refractivity contribution in [1.29, 1.82) is 0 Å². The Morgan fingerprint density at radius 2 is 1.51 bits per heavy atom. The van der Waals surface area contributed by atoms with Gasteiger partial charge in [0.1, 0.15) is 11.3 Å². The van der Waals surface area contributed by atoms with Crippen LogP contribution in [0.1, 0.15) is 55.0 Å². The number of carbonyl (C=O) groups excluding carboxylic acids is 3. The lowest BCUT2D eigenvalue weighted by molar-refractivity contribution is -0.385. The summed E-state index contributed by atoms with van der Waals surface area (Å²) < 4.78 is 2.21. The summed E-state index contributed by atoms with van der Waals surface area (Å²) >= 11 is 7.37. The minimum absolute atomic E-state index is 0.0265. The van der Waals surface area contributed by atoms with Gasteiger partial charge in [-0.3, -0.25) is 44.9 Å². The topological polar surface area (TPSA) is 211 Å². The summed E-state index contributed by atoms with van der Waals surface area (Å²) in [6.45, 7) is 4.79. The number of phenols is 1. The number of terminal acetylenes is 1. The number of nitro groups is 2. The van der Waals surface area contributed by atoms with Crippen LogP contribution in [0.3, 0.4) is 0 Å². The first-order valence-electron chi connectivity index (χ1n) is 17.1. The number of benzene rings is 4. The molecule has 0 saturated carbocycles. The number of pyridine rings is 1. The Kier molecular flexibility index (Phi) is 15.2. The summed E-state index contributed by atoms with van der Waals surface area (Å²) in [6, 6.07) is 19.6. The van der Waals surface area contributed by atoms with Crippen LogP contribution < -0.4 is 15.5 Å². The van der Waals surface area contributed by atoms with Crippen LogP contribution in [0.4, 0.5) is 22.2 Å². The highest BCUT2D eigenvalue weighted by Crippen LogP contribution is 2.44. The number of amides is 3. The van der Waals surface area contributed by atoms with E-state index in [1.807, 2.05) is 82.4 Å². The molecule has 0 aliphatic carbocycles. The maximum absolute atomic E-state index is 13.2. The van der Waals surface area contributed by atoms with Gasteiger partial charge >= 0.3 is 0 Å². The van der Waals surface area contributed by atoms with Gasteiger partial charge in [0, 0.05) is 76.7 Å². The molecule has 1 aliphatic rings. The molecule has 6 aromatic rings. The highest BCUT2D eigenvalue weighted by molar-refractivity contribution is 14.1. The van der Waals surface area contributed by atoms with Gasteiger partial charge in [0.25, 0.3) is 29.1 Å². The SMILES string of the molecule is C#CCNC(=O)c1cc([N+](=O)[O-])ccc1I.Cc1ccc(I)c(C(=O)N2CC(C)c3c2cc(O)c2ncccc32)c1.O=C(Nc1nccs1)c1cc([N+](=O)[O-])ccc1I. The van der Waals surface area contributed by atoms with Crippen molar-refractivity contribution in [3.63, 3.8) is 0 Å². The third-order valence-electron chi connectivity index (χ3n) is 8.54. The van der Waals surface area contributed by atoms with Crippen molar-refractivity contribution in [2.24, 2.45) is 0 Å². The summed E-state index contributed by atoms with van der Waals surface area (Å²) in [4.78, 5) is 66.8. The molecule has 7 rings (SSSR count). The van der Waals surface area contributed by atoms with Crippen molar-refractivity contribution in [3.05, 3.63) is 149 Å². The minimum Gasteiger partial charge on any atom is -0.506 e. The zero-order chi connectivity index (χ0) is 43.0. The van der Waals surface area contributed by atoms with Gasteiger partial charge in [-0.15, -0.1) is 17.8 Å². The van der Waals surface area contributed by atoms with Crippen molar-refractivity contribution in [3.8, 4) is 18.1 Å². The zero-order valence-corrected chi connectivity index (χ0v) is 38.1. The average Bonchev–Trinajstić information content (AvgIpc) is 3.85. The van der Waals surface area contributed by atoms with E-state index < -0.39 is 21.7 Å². The monoisotopic (exact) mass is 1150 g/mol. The Labute approximate surface area is 381 Å². The number of nitrogens with one attached hydrogen (secondary N) is 2. The van der Waals surface area contributed by atoms with E-state index in [-0.39, 0.29) is 46.6 Å². The molecule has 3 heterocycles. The minimum atomic E-state index is -0.548. The standard InChI is InChI=1S/C20H17IN2O2.C10H6IN3O3S.C10H7IN2O3/c1-11-5-6-15(21)14(8-11)20(25)23-10-12(2)18-13-4-3-7-22-19(13)17(24)9-16(18)23;11-8-2-1-6(14(16)17)5-7(8)9(15)13-10-12-3-4-18-10;1-2-5-12-10(14)8-6-7(13(15)16)3-4-9(8)11/h3-9,12,24H,10H2,1-2H3;1-5H,(H,12,13,15);1,3-4,6H,5H2,(H,12,14). The highest BCUT2D eigenvalue weighted by atomic mass is 127. The molecule has 300 valence electrons. The molecule has 15 nitrogen and oxygen atoms in total. The van der Waals surface area contributed by atoms with Crippen LogP contribution >= 0.6 is 79.1 Å². The smallest absolute Gasteiger partial charge is 0.270 e. The molecule has 19 heteroatoms. The fourth-order valence-corrected chi connectivity index (χ4v) is 8.11. The second kappa shape index (κ2) is 20.1. The Hall–Kier alpha value is -5.32. The molecule has 4 aromatic carbocycles. The second-order valence-electron chi connectivity index (χ2n) is 12.5. The van der Waals surface area contributed by atoms with Gasteiger partial charge in [0.15, 0.2) is 5.13 Å². The predicted octanol–water partition coefficient (Wildman–Crippen LogP) is 9.09. The van der Waals surface area contributed by atoms with Gasteiger partial charge in [0.05, 0.1) is 38.8 Å². The van der Waals surface area contributed by atoms with E-state index in [1.54, 1.807) is 28.7 Å². The number of carbonyl (C=O) groups is 3. The third-order valence-corrected chi connectivity index (χ3v) is 12.1. The zero-order valence-electron chi connectivity index (χ0n) is 30.8. The van der Waals surface area contributed by atoms with Crippen LogP contribution in [-0.2, 0) is 0 Å². The number of aromatic nitrogens is 2. The maximum atomic E-state index is 13.2. The van der Waals surface area contributed by atoms with E-state index in [1.165, 1.54) is 47.7 Å². The Balaban J connectivity index is 0.000000174. The summed E-state index contributed by atoms with van der Waals surface area (Å²) in [5.74, 6) is 1.71. The van der Waals surface area contributed by atoms with Gasteiger partial charge in [-0.1, -0.05) is 30.5 Å². The van der Waals surface area contributed by atoms with Crippen molar-refractivity contribution >= 4 is 130 Å². The van der Waals surface area contributed by atoms with Crippen molar-refractivity contribution < 1.29 is 29.3 Å². The number of nitro benzene ring substituents is 2. The maximum Gasteiger partial charge on any atom is 0.270 e. The summed E-state index contributed by atoms with van der Waals surface area (Å²) in [7, 11) is 0. The lowest BCUT2D eigenvalue weighted by atomic mass is 9.98. The Morgan fingerprint density at radius 3 is 2.10 bits per heavy atom. The van der Waals surface area contributed by atoms with Gasteiger partial charge in [0.2, 0.25) is 0 Å². The number of nitrogens with zero attached hydrogens (tertiary/aromatic N) is 5.